The van der Waals surface area contributed by atoms with Crippen LogP contribution in [0.5, 0.6) is 11.5 Å². The van der Waals surface area contributed by atoms with Crippen LogP contribution >= 0.6 is 0 Å². The summed E-state index contributed by atoms with van der Waals surface area (Å²) in [4.78, 5) is 0. The van der Waals surface area contributed by atoms with Gasteiger partial charge in [0.25, 0.3) is 0 Å². The largest absolute Gasteiger partial charge is 0.497 e. The molecule has 1 aromatic carbocycles. The fourth-order valence-electron chi connectivity index (χ4n) is 1.67. The first-order valence-electron chi connectivity index (χ1n) is 6.50. The fourth-order valence-corrected chi connectivity index (χ4v) is 1.67. The van der Waals surface area contributed by atoms with Crippen LogP contribution in [0.1, 0.15) is 26.3 Å². The number of benzene rings is 1. The van der Waals surface area contributed by atoms with Gasteiger partial charge < -0.3 is 14.8 Å². The van der Waals surface area contributed by atoms with Gasteiger partial charge in [0.15, 0.2) is 0 Å². The van der Waals surface area contributed by atoms with Crippen molar-refractivity contribution < 1.29 is 9.47 Å². The first-order valence-corrected chi connectivity index (χ1v) is 6.50. The van der Waals surface area contributed by atoms with Crippen molar-refractivity contribution >= 4 is 0 Å². The van der Waals surface area contributed by atoms with Gasteiger partial charge in [-0.2, -0.15) is 0 Å². The number of hydrogen-bond donors (Lipinski definition) is 1. The van der Waals surface area contributed by atoms with Crippen LogP contribution in [0, 0.1) is 11.8 Å². The molecule has 0 amide bonds. The molecule has 1 atom stereocenters. The van der Waals surface area contributed by atoms with Crippen LogP contribution in [0.25, 0.3) is 0 Å². The number of ether oxygens (including phenoxy) is 2. The molecule has 0 bridgehead atoms. The maximum Gasteiger partial charge on any atom is 0.127 e. The molecule has 0 radical (unpaired) electrons. The highest BCUT2D eigenvalue weighted by Gasteiger charge is 2.08. The molecule has 0 aromatic heterocycles. The van der Waals surface area contributed by atoms with Crippen LogP contribution in [0.2, 0.25) is 0 Å². The summed E-state index contributed by atoms with van der Waals surface area (Å²) >= 11 is 0. The van der Waals surface area contributed by atoms with Crippen molar-refractivity contribution in [3.63, 3.8) is 0 Å². The average molecular weight is 251 g/mol. The van der Waals surface area contributed by atoms with Crippen molar-refractivity contribution in [3.8, 4) is 11.5 Å². The lowest BCUT2D eigenvalue weighted by molar-refractivity contribution is 0.379. The molecule has 1 aromatic rings. The summed E-state index contributed by atoms with van der Waals surface area (Å²) in [7, 11) is 3.35. The van der Waals surface area contributed by atoms with Crippen LogP contribution < -0.4 is 14.8 Å². The Morgan fingerprint density at radius 3 is 2.39 bits per heavy atom. The van der Waals surface area contributed by atoms with E-state index >= 15 is 0 Å². The first-order chi connectivity index (χ1) is 8.58. The van der Waals surface area contributed by atoms with Crippen LogP contribution in [0.15, 0.2) is 18.2 Å². The summed E-state index contributed by atoms with van der Waals surface area (Å²) in [5.41, 5.74) is 1.16. The molecule has 18 heavy (non-hydrogen) atoms. The smallest absolute Gasteiger partial charge is 0.127 e. The van der Waals surface area contributed by atoms with Gasteiger partial charge in [-0.15, -0.1) is 0 Å². The third kappa shape index (κ3) is 4.22. The molecule has 102 valence electrons. The van der Waals surface area contributed by atoms with Gasteiger partial charge in [-0.25, -0.2) is 0 Å². The van der Waals surface area contributed by atoms with E-state index in [0.717, 1.165) is 30.2 Å². The maximum absolute atomic E-state index is 5.37. The minimum absolute atomic E-state index is 0.675. The van der Waals surface area contributed by atoms with E-state index in [0.29, 0.717) is 11.8 Å². The minimum atomic E-state index is 0.675. The highest BCUT2D eigenvalue weighted by atomic mass is 16.5. The second-order valence-corrected chi connectivity index (χ2v) is 5.03. The van der Waals surface area contributed by atoms with E-state index < -0.39 is 0 Å². The molecule has 0 aliphatic heterocycles. The molecule has 0 saturated heterocycles. The van der Waals surface area contributed by atoms with Gasteiger partial charge in [0.05, 0.1) is 14.2 Å². The average Bonchev–Trinajstić information content (AvgIpc) is 2.38. The van der Waals surface area contributed by atoms with Crippen molar-refractivity contribution in [1.29, 1.82) is 0 Å². The van der Waals surface area contributed by atoms with Gasteiger partial charge in [-0.05, 0) is 24.4 Å². The standard InChI is InChI=1S/C15H25NO2/c1-11(2)12(3)9-16-10-13-6-7-14(17-4)8-15(13)18-5/h6-8,11-12,16H,9-10H2,1-5H3. The fraction of sp³-hybridized carbons (Fsp3) is 0.600. The summed E-state index contributed by atoms with van der Waals surface area (Å²) in [6.45, 7) is 8.61. The zero-order valence-corrected chi connectivity index (χ0v) is 12.1. The van der Waals surface area contributed by atoms with E-state index in [2.05, 4.69) is 26.1 Å². The molecule has 3 heteroatoms. The Hall–Kier alpha value is -1.22. The molecular weight excluding hydrogens is 226 g/mol. The van der Waals surface area contributed by atoms with Gasteiger partial charge in [0.2, 0.25) is 0 Å². The van der Waals surface area contributed by atoms with Crippen molar-refractivity contribution in [3.05, 3.63) is 23.8 Å². The third-order valence-corrected chi connectivity index (χ3v) is 3.41. The Morgan fingerprint density at radius 1 is 1.11 bits per heavy atom. The Morgan fingerprint density at radius 2 is 1.83 bits per heavy atom. The summed E-state index contributed by atoms with van der Waals surface area (Å²) in [6, 6.07) is 5.93. The SMILES string of the molecule is COc1ccc(CNCC(C)C(C)C)c(OC)c1. The second-order valence-electron chi connectivity index (χ2n) is 5.03. The Labute approximate surface area is 110 Å². The van der Waals surface area contributed by atoms with Crippen LogP contribution in [0.4, 0.5) is 0 Å². The molecule has 1 rings (SSSR count). The van der Waals surface area contributed by atoms with Crippen molar-refractivity contribution in [1.82, 2.24) is 5.32 Å². The highest BCUT2D eigenvalue weighted by Crippen LogP contribution is 2.24. The summed E-state index contributed by atoms with van der Waals surface area (Å²) in [5.74, 6) is 3.08. The molecule has 1 unspecified atom stereocenters. The molecule has 0 aliphatic carbocycles. The van der Waals surface area contributed by atoms with Crippen LogP contribution in [0.3, 0.4) is 0 Å². The minimum Gasteiger partial charge on any atom is -0.497 e. The highest BCUT2D eigenvalue weighted by molar-refractivity contribution is 5.40. The number of hydrogen-bond acceptors (Lipinski definition) is 3. The molecule has 0 spiro atoms. The van der Waals surface area contributed by atoms with Crippen molar-refractivity contribution in [2.24, 2.45) is 11.8 Å². The normalized spacial score (nSPS) is 12.6. The molecule has 0 heterocycles. The number of rotatable bonds is 7. The summed E-state index contributed by atoms with van der Waals surface area (Å²) < 4.78 is 10.6. The van der Waals surface area contributed by atoms with E-state index in [4.69, 9.17) is 9.47 Å². The van der Waals surface area contributed by atoms with E-state index in [-0.39, 0.29) is 0 Å². The van der Waals surface area contributed by atoms with E-state index in [1.165, 1.54) is 0 Å². The molecule has 3 nitrogen and oxygen atoms in total. The quantitative estimate of drug-likeness (QED) is 0.808. The second kappa shape index (κ2) is 7.27. The molecule has 0 aliphatic rings. The first kappa shape index (κ1) is 14.8. The molecule has 0 saturated carbocycles. The van der Waals surface area contributed by atoms with Gasteiger partial charge in [0, 0.05) is 18.2 Å². The topological polar surface area (TPSA) is 30.5 Å². The molecule has 1 N–H and O–H groups in total. The predicted octanol–water partition coefficient (Wildman–Crippen LogP) is 3.09. The Bertz CT molecular complexity index is 364. The lowest BCUT2D eigenvalue weighted by atomic mass is 9.98. The predicted molar refractivity (Wildman–Crippen MR) is 75.3 cm³/mol. The summed E-state index contributed by atoms with van der Waals surface area (Å²) in [5, 5.41) is 3.47. The van der Waals surface area contributed by atoms with Crippen LogP contribution in [-0.2, 0) is 6.54 Å². The third-order valence-electron chi connectivity index (χ3n) is 3.41. The van der Waals surface area contributed by atoms with Gasteiger partial charge in [-0.3, -0.25) is 0 Å². The monoisotopic (exact) mass is 251 g/mol. The van der Waals surface area contributed by atoms with Crippen molar-refractivity contribution in [2.45, 2.75) is 27.3 Å². The number of methoxy groups -OCH3 is 2. The lowest BCUT2D eigenvalue weighted by Gasteiger charge is -2.17. The Kier molecular flexibility index (Phi) is 5.99. The number of nitrogens with one attached hydrogen (secondary N) is 1. The van der Waals surface area contributed by atoms with E-state index in [1.54, 1.807) is 14.2 Å². The van der Waals surface area contributed by atoms with E-state index in [1.807, 2.05) is 18.2 Å². The summed E-state index contributed by atoms with van der Waals surface area (Å²) in [6.07, 6.45) is 0. The zero-order valence-electron chi connectivity index (χ0n) is 12.1. The molecule has 0 fully saturated rings. The zero-order chi connectivity index (χ0) is 13.5. The van der Waals surface area contributed by atoms with Gasteiger partial charge in [-0.1, -0.05) is 26.8 Å². The van der Waals surface area contributed by atoms with Gasteiger partial charge >= 0.3 is 0 Å². The van der Waals surface area contributed by atoms with Crippen molar-refractivity contribution in [2.75, 3.05) is 20.8 Å². The Balaban J connectivity index is 2.56. The van der Waals surface area contributed by atoms with Crippen LogP contribution in [-0.4, -0.2) is 20.8 Å². The maximum atomic E-state index is 5.37. The van der Waals surface area contributed by atoms with Gasteiger partial charge in [0.1, 0.15) is 11.5 Å². The van der Waals surface area contributed by atoms with E-state index in [9.17, 15) is 0 Å². The lowest BCUT2D eigenvalue weighted by Crippen LogP contribution is -2.23. The molecular formula is C15H25NO2.